The van der Waals surface area contributed by atoms with Gasteiger partial charge < -0.3 is 5.32 Å². The summed E-state index contributed by atoms with van der Waals surface area (Å²) < 4.78 is 2.31. The summed E-state index contributed by atoms with van der Waals surface area (Å²) in [6, 6.07) is 6.25. The molecule has 0 atom stereocenters. The van der Waals surface area contributed by atoms with Crippen LogP contribution in [0.5, 0.6) is 0 Å². The summed E-state index contributed by atoms with van der Waals surface area (Å²) in [5.74, 6) is 0.936. The number of rotatable bonds is 4. The lowest BCUT2D eigenvalue weighted by molar-refractivity contribution is 1.03. The SMILES string of the molecule is Brc1ccc(CCNc2ncnc3ccsc23)s1. The van der Waals surface area contributed by atoms with Crippen LogP contribution in [0.2, 0.25) is 0 Å². The molecule has 3 rings (SSSR count). The Bertz CT molecular complexity index is 662. The highest BCUT2D eigenvalue weighted by Gasteiger charge is 2.04. The van der Waals surface area contributed by atoms with Gasteiger partial charge in [-0.15, -0.1) is 22.7 Å². The number of aromatic nitrogens is 2. The highest BCUT2D eigenvalue weighted by molar-refractivity contribution is 9.11. The third-order valence-electron chi connectivity index (χ3n) is 2.54. The molecule has 0 aliphatic heterocycles. The molecule has 3 aromatic heterocycles. The molecule has 0 saturated carbocycles. The lowest BCUT2D eigenvalue weighted by Gasteiger charge is -2.04. The molecular formula is C12H10BrN3S2. The molecule has 0 aromatic carbocycles. The Hall–Kier alpha value is -0.980. The molecule has 92 valence electrons. The van der Waals surface area contributed by atoms with Crippen LogP contribution in [0.4, 0.5) is 5.82 Å². The van der Waals surface area contributed by atoms with Crippen LogP contribution in [0, 0.1) is 0 Å². The summed E-state index contributed by atoms with van der Waals surface area (Å²) in [5, 5.41) is 5.42. The molecular weight excluding hydrogens is 330 g/mol. The molecule has 1 N–H and O–H groups in total. The second-order valence-electron chi connectivity index (χ2n) is 3.74. The van der Waals surface area contributed by atoms with Gasteiger partial charge >= 0.3 is 0 Å². The zero-order valence-corrected chi connectivity index (χ0v) is 12.6. The number of thiophene rings is 2. The number of hydrogen-bond donors (Lipinski definition) is 1. The Morgan fingerprint density at radius 2 is 2.17 bits per heavy atom. The first-order chi connectivity index (χ1) is 8.83. The van der Waals surface area contributed by atoms with Crippen molar-refractivity contribution in [2.24, 2.45) is 0 Å². The van der Waals surface area contributed by atoms with Gasteiger partial charge in [0.2, 0.25) is 0 Å². The lowest BCUT2D eigenvalue weighted by Crippen LogP contribution is -2.05. The van der Waals surface area contributed by atoms with E-state index in [1.807, 2.05) is 11.4 Å². The van der Waals surface area contributed by atoms with E-state index >= 15 is 0 Å². The fourth-order valence-electron chi connectivity index (χ4n) is 1.70. The van der Waals surface area contributed by atoms with E-state index < -0.39 is 0 Å². The van der Waals surface area contributed by atoms with Crippen LogP contribution >= 0.6 is 38.6 Å². The maximum atomic E-state index is 4.30. The molecule has 0 spiro atoms. The van der Waals surface area contributed by atoms with Gasteiger partial charge in [-0.1, -0.05) is 0 Å². The standard InChI is InChI=1S/C12H10BrN3S2/c13-10-2-1-8(18-10)3-5-14-12-11-9(4-6-17-11)15-7-16-12/h1-2,4,6-7H,3,5H2,(H,14,15,16). The van der Waals surface area contributed by atoms with Crippen molar-refractivity contribution in [1.82, 2.24) is 9.97 Å². The van der Waals surface area contributed by atoms with Gasteiger partial charge in [-0.05, 0) is 45.9 Å². The summed E-state index contributed by atoms with van der Waals surface area (Å²) in [4.78, 5) is 9.89. The number of halogens is 1. The number of fused-ring (bicyclic) bond motifs is 1. The topological polar surface area (TPSA) is 37.8 Å². The van der Waals surface area contributed by atoms with Crippen molar-refractivity contribution < 1.29 is 0 Å². The van der Waals surface area contributed by atoms with Crippen LogP contribution in [0.25, 0.3) is 10.2 Å². The molecule has 6 heteroatoms. The van der Waals surface area contributed by atoms with Gasteiger partial charge in [-0.3, -0.25) is 0 Å². The number of nitrogens with zero attached hydrogens (tertiary/aromatic N) is 2. The summed E-state index contributed by atoms with van der Waals surface area (Å²) >= 11 is 6.92. The predicted octanol–water partition coefficient (Wildman–Crippen LogP) is 4.17. The Morgan fingerprint density at radius 3 is 3.00 bits per heavy atom. The van der Waals surface area contributed by atoms with Crippen LogP contribution in [-0.4, -0.2) is 16.5 Å². The monoisotopic (exact) mass is 339 g/mol. The smallest absolute Gasteiger partial charge is 0.147 e. The maximum Gasteiger partial charge on any atom is 0.147 e. The number of nitrogens with one attached hydrogen (secondary N) is 1. The Labute approximate surface area is 121 Å². The van der Waals surface area contributed by atoms with E-state index in [0.29, 0.717) is 0 Å². The van der Waals surface area contributed by atoms with Crippen LogP contribution in [0.15, 0.2) is 33.7 Å². The van der Waals surface area contributed by atoms with E-state index in [1.165, 1.54) is 8.66 Å². The molecule has 0 saturated heterocycles. The maximum absolute atomic E-state index is 4.30. The van der Waals surface area contributed by atoms with E-state index in [2.05, 4.69) is 43.3 Å². The fourth-order valence-corrected chi connectivity index (χ4v) is 4.00. The lowest BCUT2D eigenvalue weighted by atomic mass is 10.3. The summed E-state index contributed by atoms with van der Waals surface area (Å²) in [7, 11) is 0. The van der Waals surface area contributed by atoms with Crippen molar-refractivity contribution in [3.05, 3.63) is 38.6 Å². The van der Waals surface area contributed by atoms with E-state index in [1.54, 1.807) is 29.0 Å². The molecule has 0 radical (unpaired) electrons. The van der Waals surface area contributed by atoms with Gasteiger partial charge in [0.15, 0.2) is 0 Å². The third kappa shape index (κ3) is 2.55. The highest BCUT2D eigenvalue weighted by atomic mass is 79.9. The van der Waals surface area contributed by atoms with Crippen molar-refractivity contribution in [3.63, 3.8) is 0 Å². The van der Waals surface area contributed by atoms with Crippen molar-refractivity contribution >= 4 is 54.6 Å². The third-order valence-corrected chi connectivity index (χ3v) is 5.13. The van der Waals surface area contributed by atoms with E-state index in [-0.39, 0.29) is 0 Å². The second-order valence-corrected chi connectivity index (χ2v) is 7.20. The van der Waals surface area contributed by atoms with Gasteiger partial charge in [0.1, 0.15) is 12.1 Å². The van der Waals surface area contributed by atoms with Gasteiger partial charge in [-0.2, -0.15) is 0 Å². The van der Waals surface area contributed by atoms with Crippen LogP contribution in [0.1, 0.15) is 4.88 Å². The molecule has 0 unspecified atom stereocenters. The molecule has 3 nitrogen and oxygen atoms in total. The summed E-state index contributed by atoms with van der Waals surface area (Å²) in [5.41, 5.74) is 1.01. The van der Waals surface area contributed by atoms with Gasteiger partial charge in [-0.25, -0.2) is 9.97 Å². The minimum Gasteiger partial charge on any atom is -0.368 e. The molecule has 3 heterocycles. The first-order valence-corrected chi connectivity index (χ1v) is 7.98. The Balaban J connectivity index is 1.68. The van der Waals surface area contributed by atoms with Crippen molar-refractivity contribution in [3.8, 4) is 0 Å². The quantitative estimate of drug-likeness (QED) is 0.775. The molecule has 0 bridgehead atoms. The normalized spacial score (nSPS) is 10.9. The zero-order chi connectivity index (χ0) is 12.4. The first kappa shape index (κ1) is 12.1. The van der Waals surface area contributed by atoms with Crippen LogP contribution in [-0.2, 0) is 6.42 Å². The van der Waals surface area contributed by atoms with Crippen LogP contribution < -0.4 is 5.32 Å². The minimum atomic E-state index is 0.886. The minimum absolute atomic E-state index is 0.886. The average molecular weight is 340 g/mol. The summed E-state index contributed by atoms with van der Waals surface area (Å²) in [6.07, 6.45) is 2.62. The molecule has 0 aliphatic carbocycles. The number of hydrogen-bond acceptors (Lipinski definition) is 5. The van der Waals surface area contributed by atoms with Crippen LogP contribution in [0.3, 0.4) is 0 Å². The zero-order valence-electron chi connectivity index (χ0n) is 9.39. The van der Waals surface area contributed by atoms with Crippen molar-refractivity contribution in [2.75, 3.05) is 11.9 Å². The molecule has 0 fully saturated rings. The highest BCUT2D eigenvalue weighted by Crippen LogP contribution is 2.25. The first-order valence-electron chi connectivity index (χ1n) is 5.49. The van der Waals surface area contributed by atoms with Gasteiger partial charge in [0, 0.05) is 11.4 Å². The predicted molar refractivity (Wildman–Crippen MR) is 81.6 cm³/mol. The van der Waals surface area contributed by atoms with Gasteiger partial charge in [0.05, 0.1) is 14.0 Å². The molecule has 0 amide bonds. The van der Waals surface area contributed by atoms with E-state index in [4.69, 9.17) is 0 Å². The molecule has 18 heavy (non-hydrogen) atoms. The molecule has 0 aliphatic rings. The number of anilines is 1. The van der Waals surface area contributed by atoms with Crippen molar-refractivity contribution in [2.45, 2.75) is 6.42 Å². The van der Waals surface area contributed by atoms with Gasteiger partial charge in [0.25, 0.3) is 0 Å². The van der Waals surface area contributed by atoms with E-state index in [0.717, 1.165) is 29.0 Å². The Morgan fingerprint density at radius 1 is 1.22 bits per heavy atom. The molecule has 3 aromatic rings. The van der Waals surface area contributed by atoms with Crippen molar-refractivity contribution in [1.29, 1.82) is 0 Å². The average Bonchev–Trinajstić information content (AvgIpc) is 2.98. The fraction of sp³-hybridized carbons (Fsp3) is 0.167. The largest absolute Gasteiger partial charge is 0.368 e. The van der Waals surface area contributed by atoms with E-state index in [9.17, 15) is 0 Å². The Kier molecular flexibility index (Phi) is 3.58. The second kappa shape index (κ2) is 5.34. The summed E-state index contributed by atoms with van der Waals surface area (Å²) in [6.45, 7) is 0.886.